The molecule has 0 radical (unpaired) electrons. The molecule has 1 unspecified atom stereocenters. The Morgan fingerprint density at radius 3 is 2.71 bits per heavy atom. The highest BCUT2D eigenvalue weighted by Crippen LogP contribution is 2.39. The molecule has 7 nitrogen and oxygen atoms in total. The third-order valence-corrected chi connectivity index (χ3v) is 6.54. The Bertz CT molecular complexity index is 1030. The van der Waals surface area contributed by atoms with Crippen LogP contribution in [-0.2, 0) is 22.4 Å². The van der Waals surface area contributed by atoms with Crippen molar-refractivity contribution in [2.24, 2.45) is 5.92 Å². The van der Waals surface area contributed by atoms with Crippen LogP contribution in [0.2, 0.25) is 5.02 Å². The van der Waals surface area contributed by atoms with Gasteiger partial charge < -0.3 is 15.4 Å². The number of hydrogen-bond acceptors (Lipinski definition) is 6. The predicted molar refractivity (Wildman–Crippen MR) is 123 cm³/mol. The lowest BCUT2D eigenvalue weighted by atomic mass is 9.89. The van der Waals surface area contributed by atoms with Crippen molar-refractivity contribution < 1.29 is 14.3 Å². The van der Waals surface area contributed by atoms with E-state index >= 15 is 0 Å². The fourth-order valence-corrected chi connectivity index (χ4v) is 5.19. The van der Waals surface area contributed by atoms with Gasteiger partial charge in [-0.2, -0.15) is 5.26 Å². The van der Waals surface area contributed by atoms with Crippen molar-refractivity contribution in [2.45, 2.75) is 26.2 Å². The van der Waals surface area contributed by atoms with Gasteiger partial charge in [0.15, 0.2) is 0 Å². The molecule has 1 aromatic carbocycles. The summed E-state index contributed by atoms with van der Waals surface area (Å²) in [6, 6.07) is 7.19. The topological polar surface area (TPSA) is 94.5 Å². The molecule has 0 spiro atoms. The Morgan fingerprint density at radius 1 is 1.32 bits per heavy atom. The largest absolute Gasteiger partial charge is 0.495 e. The van der Waals surface area contributed by atoms with Crippen molar-refractivity contribution in [2.75, 3.05) is 37.9 Å². The molecule has 3 rings (SSSR count). The molecule has 2 aromatic rings. The lowest BCUT2D eigenvalue weighted by molar-refractivity contribution is -0.119. The van der Waals surface area contributed by atoms with Crippen molar-refractivity contribution >= 4 is 45.4 Å². The molecule has 1 atom stereocenters. The van der Waals surface area contributed by atoms with Gasteiger partial charge in [0.05, 0.1) is 31.5 Å². The molecule has 1 aliphatic carbocycles. The molecule has 0 fully saturated rings. The van der Waals surface area contributed by atoms with Crippen LogP contribution in [0.5, 0.6) is 5.75 Å². The highest BCUT2D eigenvalue weighted by atomic mass is 35.5. The molecular weight excluding hydrogens is 436 g/mol. The van der Waals surface area contributed by atoms with Gasteiger partial charge in [-0.3, -0.25) is 14.5 Å². The number of benzene rings is 1. The number of anilines is 2. The molecule has 2 amide bonds. The molecule has 164 valence electrons. The zero-order valence-corrected chi connectivity index (χ0v) is 19.3. The highest BCUT2D eigenvalue weighted by Gasteiger charge is 2.25. The first-order valence-corrected chi connectivity index (χ1v) is 11.2. The van der Waals surface area contributed by atoms with Crippen molar-refractivity contribution in [3.8, 4) is 11.8 Å². The van der Waals surface area contributed by atoms with E-state index in [2.05, 4.69) is 23.6 Å². The Balaban J connectivity index is 1.57. The van der Waals surface area contributed by atoms with Crippen molar-refractivity contribution in [3.63, 3.8) is 0 Å². The second-order valence-electron chi connectivity index (χ2n) is 7.78. The fraction of sp³-hybridized carbons (Fsp3) is 0.409. The van der Waals surface area contributed by atoms with E-state index < -0.39 is 0 Å². The fourth-order valence-electron chi connectivity index (χ4n) is 3.64. The standard InChI is InChI=1S/C22H25ClN4O3S/c1-13-4-6-15-16(10-24)22(31-19(15)8-13)26-21(29)12-27(2)11-20(28)25-17-9-14(23)5-7-18(17)30-3/h5,7,9,13H,4,6,8,11-12H2,1-3H3,(H,25,28)(H,26,29). The maximum atomic E-state index is 12.5. The number of amides is 2. The van der Waals surface area contributed by atoms with E-state index in [-0.39, 0.29) is 24.9 Å². The minimum absolute atomic E-state index is 0.00660. The van der Waals surface area contributed by atoms with Crippen LogP contribution in [0, 0.1) is 17.2 Å². The molecular formula is C22H25ClN4O3S. The second-order valence-corrected chi connectivity index (χ2v) is 9.32. The van der Waals surface area contributed by atoms with Gasteiger partial charge in [-0.25, -0.2) is 0 Å². The number of halogens is 1. The number of rotatable bonds is 7. The van der Waals surface area contributed by atoms with Gasteiger partial charge in [0.1, 0.15) is 16.8 Å². The molecule has 0 saturated heterocycles. The zero-order chi connectivity index (χ0) is 22.5. The maximum Gasteiger partial charge on any atom is 0.239 e. The van der Waals surface area contributed by atoms with E-state index in [1.807, 2.05) is 0 Å². The van der Waals surface area contributed by atoms with Crippen LogP contribution >= 0.6 is 22.9 Å². The minimum Gasteiger partial charge on any atom is -0.495 e. The van der Waals surface area contributed by atoms with Crippen LogP contribution in [0.25, 0.3) is 0 Å². The van der Waals surface area contributed by atoms with E-state index in [0.29, 0.717) is 32.9 Å². The highest BCUT2D eigenvalue weighted by molar-refractivity contribution is 7.16. The molecule has 2 N–H and O–H groups in total. The van der Waals surface area contributed by atoms with E-state index in [4.69, 9.17) is 16.3 Å². The van der Waals surface area contributed by atoms with Crippen LogP contribution in [0.15, 0.2) is 18.2 Å². The predicted octanol–water partition coefficient (Wildman–Crippen LogP) is 3.92. The van der Waals surface area contributed by atoms with Crippen molar-refractivity contribution in [3.05, 3.63) is 39.2 Å². The van der Waals surface area contributed by atoms with Gasteiger partial charge in [0.25, 0.3) is 0 Å². The van der Waals surface area contributed by atoms with E-state index in [1.165, 1.54) is 23.3 Å². The SMILES string of the molecule is COc1ccc(Cl)cc1NC(=O)CN(C)CC(=O)Nc1sc2c(c1C#N)CCC(C)C2. The number of carbonyl (C=O) groups is 2. The van der Waals surface area contributed by atoms with E-state index in [1.54, 1.807) is 30.1 Å². The average molecular weight is 461 g/mol. The number of hydrogen-bond donors (Lipinski definition) is 2. The molecule has 1 aliphatic rings. The Morgan fingerprint density at radius 2 is 2.03 bits per heavy atom. The molecule has 0 aliphatic heterocycles. The van der Waals surface area contributed by atoms with E-state index in [0.717, 1.165) is 24.8 Å². The Kier molecular flexibility index (Phi) is 7.55. The number of thiophene rings is 1. The molecule has 0 bridgehead atoms. The van der Waals surface area contributed by atoms with Crippen molar-refractivity contribution in [1.29, 1.82) is 5.26 Å². The molecule has 1 heterocycles. The lowest BCUT2D eigenvalue weighted by Gasteiger charge is -2.17. The van der Waals surface area contributed by atoms with E-state index in [9.17, 15) is 14.9 Å². The van der Waals surface area contributed by atoms with Gasteiger partial charge in [0, 0.05) is 9.90 Å². The van der Waals surface area contributed by atoms with Crippen LogP contribution < -0.4 is 15.4 Å². The summed E-state index contributed by atoms with van der Waals surface area (Å²) >= 11 is 7.48. The quantitative estimate of drug-likeness (QED) is 0.653. The lowest BCUT2D eigenvalue weighted by Crippen LogP contribution is -2.36. The number of nitrogens with zero attached hydrogens (tertiary/aromatic N) is 2. The molecule has 1 aromatic heterocycles. The summed E-state index contributed by atoms with van der Waals surface area (Å²) in [6.07, 6.45) is 2.87. The third-order valence-electron chi connectivity index (χ3n) is 5.14. The zero-order valence-electron chi connectivity index (χ0n) is 17.8. The van der Waals surface area contributed by atoms with Gasteiger partial charge in [-0.1, -0.05) is 18.5 Å². The van der Waals surface area contributed by atoms with Gasteiger partial charge >= 0.3 is 0 Å². The first kappa shape index (κ1) is 23.1. The molecule has 9 heteroatoms. The van der Waals surface area contributed by atoms with Crippen LogP contribution in [0.1, 0.15) is 29.3 Å². The Labute approximate surface area is 190 Å². The van der Waals surface area contributed by atoms with Crippen LogP contribution in [0.3, 0.4) is 0 Å². The number of nitrogens with one attached hydrogen (secondary N) is 2. The van der Waals surface area contributed by atoms with Crippen molar-refractivity contribution in [1.82, 2.24) is 4.90 Å². The summed E-state index contributed by atoms with van der Waals surface area (Å²) in [4.78, 5) is 27.7. The number of methoxy groups -OCH3 is 1. The van der Waals surface area contributed by atoms with Crippen LogP contribution in [0.4, 0.5) is 10.7 Å². The first-order valence-electron chi connectivity index (χ1n) is 9.97. The Hall–Kier alpha value is -2.60. The summed E-state index contributed by atoms with van der Waals surface area (Å²) in [7, 11) is 3.19. The third kappa shape index (κ3) is 5.76. The maximum absolute atomic E-state index is 12.5. The number of fused-ring (bicyclic) bond motifs is 1. The summed E-state index contributed by atoms with van der Waals surface area (Å²) < 4.78 is 5.22. The number of likely N-dealkylation sites (N-methyl/N-ethyl adjacent to an activating group) is 1. The summed E-state index contributed by atoms with van der Waals surface area (Å²) in [5.74, 6) is 0.523. The van der Waals surface area contributed by atoms with Gasteiger partial charge in [0.2, 0.25) is 11.8 Å². The monoisotopic (exact) mass is 460 g/mol. The average Bonchev–Trinajstić information content (AvgIpc) is 3.03. The van der Waals surface area contributed by atoms with Crippen LogP contribution in [-0.4, -0.2) is 44.0 Å². The minimum atomic E-state index is -0.297. The number of carbonyl (C=O) groups excluding carboxylic acids is 2. The normalized spacial score (nSPS) is 15.2. The first-order chi connectivity index (χ1) is 14.8. The van der Waals surface area contributed by atoms with Gasteiger partial charge in [-0.15, -0.1) is 11.3 Å². The number of ether oxygens (including phenoxy) is 1. The molecule has 0 saturated carbocycles. The summed E-state index contributed by atoms with van der Waals surface area (Å²) in [6.45, 7) is 2.22. The number of nitriles is 1. The molecule has 31 heavy (non-hydrogen) atoms. The summed E-state index contributed by atoms with van der Waals surface area (Å²) in [5.41, 5.74) is 2.12. The van der Waals surface area contributed by atoms with Gasteiger partial charge in [-0.05, 0) is 56.0 Å². The summed E-state index contributed by atoms with van der Waals surface area (Å²) in [5, 5.41) is 16.3. The smallest absolute Gasteiger partial charge is 0.239 e. The second kappa shape index (κ2) is 10.1.